The van der Waals surface area contributed by atoms with E-state index in [4.69, 9.17) is 0 Å². The molecule has 152 valence electrons. The predicted molar refractivity (Wildman–Crippen MR) is 119 cm³/mol. The molecule has 0 aromatic heterocycles. The third-order valence-electron chi connectivity index (χ3n) is 7.40. The zero-order valence-corrected chi connectivity index (χ0v) is 19.3. The number of allylic oxidation sites excluding steroid dienone is 2. The highest BCUT2D eigenvalue weighted by atomic mass is 14.4. The van der Waals surface area contributed by atoms with E-state index in [1.165, 1.54) is 38.5 Å². The Balaban J connectivity index is 0.000000260. The molecule has 0 heteroatoms. The van der Waals surface area contributed by atoms with Crippen molar-refractivity contribution in [2.24, 2.45) is 46.3 Å². The summed E-state index contributed by atoms with van der Waals surface area (Å²) in [5, 5.41) is 0. The van der Waals surface area contributed by atoms with Crippen molar-refractivity contribution in [3.05, 3.63) is 25.3 Å². The van der Waals surface area contributed by atoms with Gasteiger partial charge in [0.25, 0.3) is 0 Å². The molecule has 2 aliphatic rings. The van der Waals surface area contributed by atoms with Crippen molar-refractivity contribution >= 4 is 0 Å². The van der Waals surface area contributed by atoms with Gasteiger partial charge in [0.1, 0.15) is 0 Å². The molecule has 2 fully saturated rings. The Labute approximate surface area is 165 Å². The smallest absolute Gasteiger partial charge is 0.0197 e. The third kappa shape index (κ3) is 6.28. The zero-order chi connectivity index (χ0) is 20.1. The van der Waals surface area contributed by atoms with E-state index in [-0.39, 0.29) is 0 Å². The number of hydrogen-bond acceptors (Lipinski definition) is 0. The van der Waals surface area contributed by atoms with Crippen molar-refractivity contribution in [1.82, 2.24) is 0 Å². The molecular formula is C26H48. The van der Waals surface area contributed by atoms with Gasteiger partial charge in [0.05, 0.1) is 0 Å². The van der Waals surface area contributed by atoms with E-state index >= 15 is 0 Å². The van der Waals surface area contributed by atoms with E-state index in [0.717, 1.165) is 23.7 Å². The molecule has 2 rings (SSSR count). The maximum absolute atomic E-state index is 3.94. The minimum Gasteiger partial charge on any atom is -0.103 e. The molecule has 0 N–H and O–H groups in total. The highest BCUT2D eigenvalue weighted by Crippen LogP contribution is 2.48. The van der Waals surface area contributed by atoms with E-state index in [2.05, 4.69) is 80.7 Å². The van der Waals surface area contributed by atoms with Gasteiger partial charge in [-0.1, -0.05) is 80.4 Å². The lowest BCUT2D eigenvalue weighted by Crippen LogP contribution is -2.23. The van der Waals surface area contributed by atoms with Gasteiger partial charge in [-0.3, -0.25) is 0 Å². The fourth-order valence-corrected chi connectivity index (χ4v) is 5.65. The molecule has 2 saturated carbocycles. The lowest BCUT2D eigenvalue weighted by molar-refractivity contribution is 0.180. The summed E-state index contributed by atoms with van der Waals surface area (Å²) < 4.78 is 0. The molecule has 0 saturated heterocycles. The summed E-state index contributed by atoms with van der Waals surface area (Å²) in [6.07, 6.45) is 12.6. The van der Waals surface area contributed by atoms with Crippen LogP contribution in [0.25, 0.3) is 0 Å². The molecule has 0 aliphatic heterocycles. The van der Waals surface area contributed by atoms with Gasteiger partial charge in [-0.2, -0.15) is 0 Å². The number of hydrogen-bond donors (Lipinski definition) is 0. The molecule has 6 atom stereocenters. The molecule has 0 aromatic carbocycles. The molecule has 26 heavy (non-hydrogen) atoms. The second-order valence-electron chi connectivity index (χ2n) is 11.2. The highest BCUT2D eigenvalue weighted by Gasteiger charge is 2.39. The van der Waals surface area contributed by atoms with Gasteiger partial charge in [0.15, 0.2) is 0 Å². The first-order chi connectivity index (χ1) is 12.0. The van der Waals surface area contributed by atoms with Crippen LogP contribution in [0.15, 0.2) is 25.3 Å². The first-order valence-corrected chi connectivity index (χ1v) is 11.2. The molecule has 0 heterocycles. The molecule has 6 unspecified atom stereocenters. The van der Waals surface area contributed by atoms with E-state index in [9.17, 15) is 0 Å². The summed E-state index contributed by atoms with van der Waals surface area (Å²) in [6.45, 7) is 26.8. The van der Waals surface area contributed by atoms with Crippen molar-refractivity contribution in [3.8, 4) is 0 Å². The van der Waals surface area contributed by atoms with Crippen molar-refractivity contribution in [2.75, 3.05) is 0 Å². The average Bonchev–Trinajstić information content (AvgIpc) is 3.18. The van der Waals surface area contributed by atoms with Crippen LogP contribution in [0, 0.1) is 46.3 Å². The van der Waals surface area contributed by atoms with Crippen LogP contribution in [0.4, 0.5) is 0 Å². The first kappa shape index (κ1) is 23.5. The summed E-state index contributed by atoms with van der Waals surface area (Å²) in [5.74, 6) is 5.20. The molecule has 0 aromatic rings. The predicted octanol–water partition coefficient (Wildman–Crippen LogP) is 8.54. The van der Waals surface area contributed by atoms with Crippen molar-refractivity contribution < 1.29 is 0 Å². The topological polar surface area (TPSA) is 0 Å². The van der Waals surface area contributed by atoms with Crippen LogP contribution in [-0.4, -0.2) is 0 Å². The van der Waals surface area contributed by atoms with Gasteiger partial charge in [0.2, 0.25) is 0 Å². The van der Waals surface area contributed by atoms with Gasteiger partial charge in [0, 0.05) is 0 Å². The van der Waals surface area contributed by atoms with Crippen LogP contribution in [-0.2, 0) is 0 Å². The molecular weight excluding hydrogens is 312 g/mol. The van der Waals surface area contributed by atoms with Crippen LogP contribution in [0.1, 0.15) is 93.9 Å². The monoisotopic (exact) mass is 360 g/mol. The van der Waals surface area contributed by atoms with E-state index < -0.39 is 0 Å². The van der Waals surface area contributed by atoms with Crippen LogP contribution in [0.3, 0.4) is 0 Å². The molecule has 0 radical (unpaired) electrons. The highest BCUT2D eigenvalue weighted by molar-refractivity contribution is 5.01. The Hall–Kier alpha value is -0.520. The third-order valence-corrected chi connectivity index (χ3v) is 7.40. The fourth-order valence-electron chi connectivity index (χ4n) is 5.65. The molecule has 0 bridgehead atoms. The van der Waals surface area contributed by atoms with Crippen LogP contribution in [0.5, 0.6) is 0 Å². The van der Waals surface area contributed by atoms with Gasteiger partial charge in [-0.15, -0.1) is 13.2 Å². The Morgan fingerprint density at radius 1 is 0.731 bits per heavy atom. The average molecular weight is 361 g/mol. The maximum atomic E-state index is 3.94. The van der Waals surface area contributed by atoms with Gasteiger partial charge >= 0.3 is 0 Å². The molecule has 2 aliphatic carbocycles. The Morgan fingerprint density at radius 3 is 1.62 bits per heavy atom. The largest absolute Gasteiger partial charge is 0.103 e. The number of rotatable bonds is 4. The van der Waals surface area contributed by atoms with Gasteiger partial charge in [-0.05, 0) is 72.0 Å². The minimum atomic E-state index is 0.413. The van der Waals surface area contributed by atoms with Crippen LogP contribution in [0.2, 0.25) is 0 Å². The fraction of sp³-hybridized carbons (Fsp3) is 0.846. The Morgan fingerprint density at radius 2 is 1.31 bits per heavy atom. The van der Waals surface area contributed by atoms with Crippen LogP contribution >= 0.6 is 0 Å². The SMILES string of the molecule is C=CC1CC(C=C)C(C(C)(C)C)C1.CCC1CC(CC)C(C(C)(C)C)C1. The molecule has 0 spiro atoms. The first-order valence-electron chi connectivity index (χ1n) is 11.2. The summed E-state index contributed by atoms with van der Waals surface area (Å²) in [5.41, 5.74) is 0.946. The maximum Gasteiger partial charge on any atom is -0.0197 e. The summed E-state index contributed by atoms with van der Waals surface area (Å²) in [6, 6.07) is 0. The Bertz CT molecular complexity index is 430. The molecule has 0 amide bonds. The lowest BCUT2D eigenvalue weighted by atomic mass is 9.74. The van der Waals surface area contributed by atoms with Gasteiger partial charge in [-0.25, -0.2) is 0 Å². The van der Waals surface area contributed by atoms with E-state index in [0.29, 0.717) is 22.7 Å². The van der Waals surface area contributed by atoms with Gasteiger partial charge < -0.3 is 0 Å². The van der Waals surface area contributed by atoms with Crippen molar-refractivity contribution in [1.29, 1.82) is 0 Å². The normalized spacial score (nSPS) is 34.9. The summed E-state index contributed by atoms with van der Waals surface area (Å²) in [7, 11) is 0. The van der Waals surface area contributed by atoms with E-state index in [1.807, 2.05) is 0 Å². The lowest BCUT2D eigenvalue weighted by Gasteiger charge is -2.31. The van der Waals surface area contributed by atoms with Crippen molar-refractivity contribution in [2.45, 2.75) is 93.9 Å². The second-order valence-corrected chi connectivity index (χ2v) is 11.2. The minimum absolute atomic E-state index is 0.413. The standard InChI is InChI=1S/C13H26.C13H22/c2*1-6-10-8-11(7-2)12(9-10)13(3,4)5/h10-12H,6-9H2,1-5H3;6-7,10-12H,1-2,8-9H2,3-5H3. The zero-order valence-electron chi connectivity index (χ0n) is 19.3. The summed E-state index contributed by atoms with van der Waals surface area (Å²) in [4.78, 5) is 0. The molecule has 0 nitrogen and oxygen atoms in total. The Kier molecular flexibility index (Phi) is 8.69. The van der Waals surface area contributed by atoms with Crippen LogP contribution < -0.4 is 0 Å². The second kappa shape index (κ2) is 9.61. The van der Waals surface area contributed by atoms with E-state index in [1.54, 1.807) is 0 Å². The quantitative estimate of drug-likeness (QED) is 0.440. The summed E-state index contributed by atoms with van der Waals surface area (Å²) >= 11 is 0. The van der Waals surface area contributed by atoms with Crippen molar-refractivity contribution in [3.63, 3.8) is 0 Å².